The van der Waals surface area contributed by atoms with Crippen LogP contribution in [0.2, 0.25) is 0 Å². The van der Waals surface area contributed by atoms with Gasteiger partial charge in [0.05, 0.1) is 12.7 Å². The third kappa shape index (κ3) is 4.41. The highest BCUT2D eigenvalue weighted by Crippen LogP contribution is 2.44. The van der Waals surface area contributed by atoms with Crippen LogP contribution < -0.4 is 10.6 Å². The van der Waals surface area contributed by atoms with Crippen molar-refractivity contribution in [3.05, 3.63) is 107 Å². The zero-order chi connectivity index (χ0) is 24.2. The average Bonchev–Trinajstić information content (AvgIpc) is 3.15. The maximum absolute atomic E-state index is 13.8. The van der Waals surface area contributed by atoms with Crippen LogP contribution in [0.25, 0.3) is 5.57 Å². The van der Waals surface area contributed by atoms with E-state index in [0.29, 0.717) is 34.6 Å². The van der Waals surface area contributed by atoms with Crippen molar-refractivity contribution < 1.29 is 19.4 Å². The van der Waals surface area contributed by atoms with Crippen LogP contribution in [0.15, 0.2) is 84.6 Å². The van der Waals surface area contributed by atoms with Gasteiger partial charge in [-0.2, -0.15) is 0 Å². The summed E-state index contributed by atoms with van der Waals surface area (Å²) < 4.78 is 5.82. The number of rotatable bonds is 8. The summed E-state index contributed by atoms with van der Waals surface area (Å²) in [5.41, 5.74) is 9.76. The Morgan fingerprint density at radius 2 is 1.68 bits per heavy atom. The summed E-state index contributed by atoms with van der Waals surface area (Å²) in [5, 5.41) is 16.6. The van der Waals surface area contributed by atoms with E-state index < -0.39 is 12.0 Å². The summed E-state index contributed by atoms with van der Waals surface area (Å²) in [6.07, 6.45) is 0.464. The predicted molar refractivity (Wildman–Crippen MR) is 130 cm³/mol. The van der Waals surface area contributed by atoms with Crippen LogP contribution in [0.1, 0.15) is 34.7 Å². The molecule has 1 aliphatic heterocycles. The van der Waals surface area contributed by atoms with Gasteiger partial charge in [-0.05, 0) is 47.4 Å². The van der Waals surface area contributed by atoms with E-state index in [-0.39, 0.29) is 18.2 Å². The fourth-order valence-corrected chi connectivity index (χ4v) is 4.17. The second-order valence-electron chi connectivity index (χ2n) is 7.98. The van der Waals surface area contributed by atoms with Crippen molar-refractivity contribution in [1.82, 2.24) is 0 Å². The smallest absolute Gasteiger partial charge is 0.303 e. The van der Waals surface area contributed by atoms with Crippen molar-refractivity contribution in [2.75, 3.05) is 12.0 Å². The number of hydrogen-bond donors (Lipinski definition) is 3. The normalized spacial score (nSPS) is 15.5. The zero-order valence-electron chi connectivity index (χ0n) is 18.7. The maximum Gasteiger partial charge on any atom is 0.303 e. The summed E-state index contributed by atoms with van der Waals surface area (Å²) in [4.78, 5) is 26.4. The number of nitrogens with two attached hydrogens (primary N) is 1. The van der Waals surface area contributed by atoms with E-state index in [0.717, 1.165) is 11.1 Å². The highest BCUT2D eigenvalue weighted by atomic mass is 16.5. The topological polar surface area (TPSA) is 117 Å². The lowest BCUT2D eigenvalue weighted by molar-refractivity contribution is -0.137. The van der Waals surface area contributed by atoms with E-state index in [2.05, 4.69) is 0 Å². The predicted octanol–water partition coefficient (Wildman–Crippen LogP) is 4.13. The number of ether oxygens (including phenoxy) is 1. The molecule has 4 N–H and O–H groups in total. The monoisotopic (exact) mass is 455 g/mol. The van der Waals surface area contributed by atoms with Gasteiger partial charge in [-0.3, -0.25) is 19.9 Å². The number of anilines is 1. The number of nitrogen functional groups attached to an aromatic ring is 1. The highest BCUT2D eigenvalue weighted by molar-refractivity contribution is 6.30. The number of amidine groups is 1. The fourth-order valence-electron chi connectivity index (χ4n) is 4.17. The van der Waals surface area contributed by atoms with Gasteiger partial charge in [0.25, 0.3) is 5.91 Å². The number of carbonyl (C=O) groups is 2. The number of carbonyl (C=O) groups excluding carboxylic acids is 1. The van der Waals surface area contributed by atoms with Crippen molar-refractivity contribution in [1.29, 1.82) is 5.41 Å². The van der Waals surface area contributed by atoms with Crippen molar-refractivity contribution in [2.45, 2.75) is 18.9 Å². The van der Waals surface area contributed by atoms with Crippen LogP contribution >= 0.6 is 0 Å². The number of benzene rings is 3. The van der Waals surface area contributed by atoms with Gasteiger partial charge in [0.15, 0.2) is 0 Å². The van der Waals surface area contributed by atoms with Crippen molar-refractivity contribution >= 4 is 29.0 Å². The third-order valence-electron chi connectivity index (χ3n) is 5.85. The molecule has 34 heavy (non-hydrogen) atoms. The van der Waals surface area contributed by atoms with E-state index in [1.54, 1.807) is 36.3 Å². The molecule has 0 fully saturated rings. The van der Waals surface area contributed by atoms with Crippen LogP contribution in [0.4, 0.5) is 5.69 Å². The van der Waals surface area contributed by atoms with Gasteiger partial charge in [0.2, 0.25) is 0 Å². The van der Waals surface area contributed by atoms with Crippen LogP contribution in [-0.2, 0) is 20.7 Å². The average molecular weight is 456 g/mol. The van der Waals surface area contributed by atoms with Gasteiger partial charge in [-0.25, -0.2) is 0 Å². The van der Waals surface area contributed by atoms with E-state index in [9.17, 15) is 9.59 Å². The zero-order valence-corrected chi connectivity index (χ0v) is 18.7. The van der Waals surface area contributed by atoms with Crippen molar-refractivity contribution in [2.24, 2.45) is 5.73 Å². The van der Waals surface area contributed by atoms with E-state index in [4.69, 9.17) is 21.0 Å². The Hall–Kier alpha value is -4.39. The molecule has 3 aromatic rings. The maximum atomic E-state index is 13.8. The van der Waals surface area contributed by atoms with Crippen LogP contribution in [0, 0.1) is 5.41 Å². The molecule has 1 unspecified atom stereocenters. The van der Waals surface area contributed by atoms with Crippen LogP contribution in [0.5, 0.6) is 0 Å². The van der Waals surface area contributed by atoms with Gasteiger partial charge < -0.3 is 15.6 Å². The Bertz CT molecular complexity index is 1250. The summed E-state index contributed by atoms with van der Waals surface area (Å²) >= 11 is 0. The lowest BCUT2D eigenvalue weighted by Gasteiger charge is -2.27. The van der Waals surface area contributed by atoms with Crippen molar-refractivity contribution in [3.63, 3.8) is 0 Å². The molecule has 7 nitrogen and oxygen atoms in total. The van der Waals surface area contributed by atoms with E-state index in [1.165, 1.54) is 0 Å². The first kappa shape index (κ1) is 22.8. The first-order valence-electron chi connectivity index (χ1n) is 10.8. The molecule has 3 aromatic carbocycles. The Morgan fingerprint density at radius 3 is 2.24 bits per heavy atom. The lowest BCUT2D eigenvalue weighted by Crippen LogP contribution is -2.30. The van der Waals surface area contributed by atoms with Gasteiger partial charge in [-0.1, -0.05) is 54.6 Å². The summed E-state index contributed by atoms with van der Waals surface area (Å²) in [6, 6.07) is 23.5. The number of nitrogens with one attached hydrogen (secondary N) is 1. The molecule has 0 aliphatic carbocycles. The molecular formula is C27H25N3O4. The first-order valence-corrected chi connectivity index (χ1v) is 10.8. The Kier molecular flexibility index (Phi) is 6.45. The molecular weight excluding hydrogens is 430 g/mol. The second kappa shape index (κ2) is 9.62. The number of carboxylic acids is 1. The minimum Gasteiger partial charge on any atom is -0.498 e. The largest absolute Gasteiger partial charge is 0.498 e. The van der Waals surface area contributed by atoms with Gasteiger partial charge in [0.1, 0.15) is 17.6 Å². The Morgan fingerprint density at radius 1 is 1.03 bits per heavy atom. The molecule has 0 saturated carbocycles. The minimum atomic E-state index is -0.850. The lowest BCUT2D eigenvalue weighted by atomic mass is 9.99. The molecule has 0 aromatic heterocycles. The molecule has 1 atom stereocenters. The molecule has 0 bridgehead atoms. The van der Waals surface area contributed by atoms with E-state index >= 15 is 0 Å². The molecule has 1 aliphatic rings. The number of methoxy groups -OCH3 is 1. The molecule has 4 rings (SSSR count). The number of hydrogen-bond acceptors (Lipinski definition) is 4. The van der Waals surface area contributed by atoms with Gasteiger partial charge in [-0.15, -0.1) is 0 Å². The molecule has 0 spiro atoms. The minimum absolute atomic E-state index is 0.0432. The number of aliphatic carboxylic acids is 1. The molecule has 7 heteroatoms. The number of nitrogens with zero attached hydrogens (tertiary/aromatic N) is 1. The van der Waals surface area contributed by atoms with Crippen molar-refractivity contribution in [3.8, 4) is 0 Å². The Balaban J connectivity index is 1.78. The first-order chi connectivity index (χ1) is 16.4. The standard InChI is InChI=1S/C27H25N3O4/c1-34-25-23(18-10-7-17(8-11-18)9-16-22(31)32)27(33)30(24(25)19-5-3-2-4-6-19)21-14-12-20(13-15-21)26(28)29/h2-8,10-15,24H,9,16H2,1H3,(H3,28,29)(H,31,32). The third-order valence-corrected chi connectivity index (χ3v) is 5.85. The molecule has 0 saturated heterocycles. The fraction of sp³-hybridized carbons (Fsp3) is 0.148. The molecule has 0 radical (unpaired) electrons. The molecule has 172 valence electrons. The van der Waals surface area contributed by atoms with Gasteiger partial charge >= 0.3 is 5.97 Å². The highest BCUT2D eigenvalue weighted by Gasteiger charge is 2.42. The number of carboxylic acid groups (broad SMARTS) is 1. The number of amides is 1. The summed E-state index contributed by atoms with van der Waals surface area (Å²) in [6.45, 7) is 0. The summed E-state index contributed by atoms with van der Waals surface area (Å²) in [7, 11) is 1.56. The number of aryl methyl sites for hydroxylation is 1. The van der Waals surface area contributed by atoms with Crippen LogP contribution in [0.3, 0.4) is 0 Å². The van der Waals surface area contributed by atoms with Gasteiger partial charge in [0, 0.05) is 17.7 Å². The SMILES string of the molecule is COC1=C(c2ccc(CCC(=O)O)cc2)C(=O)N(c2ccc(C(=N)N)cc2)C1c1ccccc1. The molecule has 1 amide bonds. The molecule has 1 heterocycles. The second-order valence-corrected chi connectivity index (χ2v) is 7.98. The van der Waals surface area contributed by atoms with E-state index in [1.807, 2.05) is 54.6 Å². The Labute approximate surface area is 197 Å². The summed E-state index contributed by atoms with van der Waals surface area (Å²) in [5.74, 6) is -0.570. The quantitative estimate of drug-likeness (QED) is 0.349. The van der Waals surface area contributed by atoms with Crippen LogP contribution in [-0.4, -0.2) is 29.9 Å².